The second-order valence-electron chi connectivity index (χ2n) is 7.06. The molecule has 0 aromatic carbocycles. The number of rotatable bonds is 4. The van der Waals surface area contributed by atoms with Crippen molar-refractivity contribution in [3.63, 3.8) is 0 Å². The summed E-state index contributed by atoms with van der Waals surface area (Å²) >= 11 is 0. The maximum Gasteiger partial charge on any atom is 0.255 e. The van der Waals surface area contributed by atoms with Gasteiger partial charge in [0.25, 0.3) is 5.56 Å². The van der Waals surface area contributed by atoms with Gasteiger partial charge >= 0.3 is 0 Å². The molecule has 0 bridgehead atoms. The van der Waals surface area contributed by atoms with Gasteiger partial charge < -0.3 is 9.64 Å². The van der Waals surface area contributed by atoms with Crippen molar-refractivity contribution in [1.82, 2.24) is 14.5 Å². The van der Waals surface area contributed by atoms with Crippen molar-refractivity contribution in [2.75, 3.05) is 25.1 Å². The average Bonchev–Trinajstić information content (AvgIpc) is 2.76. The first-order valence-corrected chi connectivity index (χ1v) is 9.47. The van der Waals surface area contributed by atoms with Crippen LogP contribution in [0, 0.1) is 5.92 Å². The number of pyridine rings is 1. The van der Waals surface area contributed by atoms with Gasteiger partial charge in [0.05, 0.1) is 11.8 Å². The Morgan fingerprint density at radius 3 is 2.75 bits per heavy atom. The van der Waals surface area contributed by atoms with E-state index in [1.54, 1.807) is 37.2 Å². The summed E-state index contributed by atoms with van der Waals surface area (Å²) in [6, 6.07) is 5.32. The van der Waals surface area contributed by atoms with E-state index in [-0.39, 0.29) is 17.6 Å². The Kier molecular flexibility index (Phi) is 5.21. The third-order valence-electron chi connectivity index (χ3n) is 5.33. The Labute approximate surface area is 164 Å². The zero-order valence-corrected chi connectivity index (χ0v) is 16.2. The van der Waals surface area contributed by atoms with E-state index in [4.69, 9.17) is 9.72 Å². The summed E-state index contributed by atoms with van der Waals surface area (Å²) in [5, 5.41) is 0. The summed E-state index contributed by atoms with van der Waals surface area (Å²) < 4.78 is 7.27. The smallest absolute Gasteiger partial charge is 0.255 e. The second-order valence-corrected chi connectivity index (χ2v) is 7.06. The molecule has 2 aliphatic rings. The van der Waals surface area contributed by atoms with Crippen LogP contribution in [0.3, 0.4) is 0 Å². The van der Waals surface area contributed by atoms with E-state index in [9.17, 15) is 4.79 Å². The van der Waals surface area contributed by atoms with Gasteiger partial charge in [-0.15, -0.1) is 0 Å². The van der Waals surface area contributed by atoms with Gasteiger partial charge in [-0.3, -0.25) is 14.3 Å². The zero-order valence-electron chi connectivity index (χ0n) is 16.2. The molecule has 0 amide bonds. The van der Waals surface area contributed by atoms with E-state index in [0.717, 1.165) is 25.1 Å². The average molecular weight is 376 g/mol. The molecule has 0 N–H and O–H groups in total. The molecule has 2 unspecified atom stereocenters. The number of hydrogen-bond acceptors (Lipinski definition) is 5. The topological polar surface area (TPSA) is 60.2 Å². The van der Waals surface area contributed by atoms with Crippen LogP contribution in [0.15, 0.2) is 71.3 Å². The minimum Gasteiger partial charge on any atom is -0.376 e. The lowest BCUT2D eigenvalue weighted by molar-refractivity contribution is 0.116. The van der Waals surface area contributed by atoms with Crippen LogP contribution in [0.25, 0.3) is 11.3 Å². The van der Waals surface area contributed by atoms with E-state index < -0.39 is 0 Å². The predicted octanol–water partition coefficient (Wildman–Crippen LogP) is 2.74. The second kappa shape index (κ2) is 7.94. The highest BCUT2D eigenvalue weighted by Crippen LogP contribution is 2.29. The molecule has 3 heterocycles. The molecule has 0 radical (unpaired) electrons. The fourth-order valence-corrected chi connectivity index (χ4v) is 3.81. The zero-order chi connectivity index (χ0) is 19.5. The van der Waals surface area contributed by atoms with Crippen molar-refractivity contribution in [3.05, 3.63) is 76.9 Å². The highest BCUT2D eigenvalue weighted by atomic mass is 16.5. The summed E-state index contributed by atoms with van der Waals surface area (Å²) in [4.78, 5) is 23.6. The normalized spacial score (nSPS) is 21.6. The first-order chi connectivity index (χ1) is 13.7. The van der Waals surface area contributed by atoms with Crippen LogP contribution in [-0.2, 0) is 11.8 Å². The number of methoxy groups -OCH3 is 1. The Bertz CT molecular complexity index is 991. The molecule has 2 aromatic heterocycles. The number of hydrogen-bond donors (Lipinski definition) is 0. The first-order valence-electron chi connectivity index (χ1n) is 9.47. The van der Waals surface area contributed by atoms with Gasteiger partial charge in [-0.25, -0.2) is 4.98 Å². The predicted molar refractivity (Wildman–Crippen MR) is 110 cm³/mol. The first kappa shape index (κ1) is 18.4. The highest BCUT2D eigenvalue weighted by molar-refractivity contribution is 5.59. The number of ether oxygens (including phenoxy) is 1. The fourth-order valence-electron chi connectivity index (χ4n) is 3.81. The molecule has 144 valence electrons. The third kappa shape index (κ3) is 3.55. The number of nitrogens with zero attached hydrogens (tertiary/aromatic N) is 4. The summed E-state index contributed by atoms with van der Waals surface area (Å²) in [5.74, 6) is 0.896. The quantitative estimate of drug-likeness (QED) is 0.768. The van der Waals surface area contributed by atoms with Crippen LogP contribution < -0.4 is 10.5 Å². The molecule has 2 aromatic rings. The van der Waals surface area contributed by atoms with Crippen LogP contribution in [-0.4, -0.2) is 40.8 Å². The molecule has 1 aliphatic carbocycles. The van der Waals surface area contributed by atoms with Gasteiger partial charge in [-0.1, -0.05) is 30.4 Å². The van der Waals surface area contributed by atoms with Crippen molar-refractivity contribution in [2.24, 2.45) is 13.0 Å². The number of allylic oxidation sites excluding steroid dienone is 2. The Morgan fingerprint density at radius 2 is 1.96 bits per heavy atom. The maximum atomic E-state index is 12.6. The van der Waals surface area contributed by atoms with E-state index in [0.29, 0.717) is 11.6 Å². The fraction of sp³-hybridized carbons (Fsp3) is 0.318. The van der Waals surface area contributed by atoms with Gasteiger partial charge in [-0.2, -0.15) is 0 Å². The summed E-state index contributed by atoms with van der Waals surface area (Å²) in [6.07, 6.45) is 15.0. The molecular weight excluding hydrogens is 352 g/mol. The lowest BCUT2D eigenvalue weighted by Gasteiger charge is -2.34. The van der Waals surface area contributed by atoms with Gasteiger partial charge in [0.15, 0.2) is 0 Å². The minimum atomic E-state index is -0.0665. The summed E-state index contributed by atoms with van der Waals surface area (Å²) in [6.45, 7) is 1.55. The van der Waals surface area contributed by atoms with Crippen LogP contribution in [0.4, 0.5) is 5.95 Å². The van der Waals surface area contributed by atoms with E-state index in [1.165, 1.54) is 5.57 Å². The number of aromatic nitrogens is 3. The van der Waals surface area contributed by atoms with E-state index >= 15 is 0 Å². The van der Waals surface area contributed by atoms with Crippen molar-refractivity contribution in [2.45, 2.75) is 12.5 Å². The van der Waals surface area contributed by atoms with Crippen molar-refractivity contribution in [1.29, 1.82) is 0 Å². The monoisotopic (exact) mass is 376 g/mol. The van der Waals surface area contributed by atoms with Gasteiger partial charge in [0.1, 0.15) is 0 Å². The van der Waals surface area contributed by atoms with Crippen LogP contribution in [0.1, 0.15) is 6.42 Å². The van der Waals surface area contributed by atoms with Crippen LogP contribution >= 0.6 is 0 Å². The standard InChI is InChI=1S/C22H24N4O2/c1-25-21(27)14-19(16-9-11-23-12-10-16)24-22(25)26-13-5-6-17(15-26)18-7-3-4-8-20(18)28-2/h3-4,6-12,14,18,20H,5,13,15H2,1-2H3. The van der Waals surface area contributed by atoms with Crippen LogP contribution in [0.5, 0.6) is 0 Å². The third-order valence-corrected chi connectivity index (χ3v) is 5.33. The van der Waals surface area contributed by atoms with Crippen molar-refractivity contribution >= 4 is 5.95 Å². The van der Waals surface area contributed by atoms with E-state index in [1.807, 2.05) is 18.2 Å². The molecular formula is C22H24N4O2. The van der Waals surface area contributed by atoms with Crippen molar-refractivity contribution < 1.29 is 4.74 Å². The van der Waals surface area contributed by atoms with Gasteiger partial charge in [-0.05, 0) is 24.1 Å². The minimum absolute atomic E-state index is 0.0381. The van der Waals surface area contributed by atoms with Crippen LogP contribution in [0.2, 0.25) is 0 Å². The van der Waals surface area contributed by atoms with E-state index in [2.05, 4.69) is 34.2 Å². The SMILES string of the molecule is COC1C=CC=CC1C1=CCCN(c2nc(-c3ccncc3)cc(=O)n2C)C1. The lowest BCUT2D eigenvalue weighted by atomic mass is 9.87. The molecule has 6 nitrogen and oxygen atoms in total. The molecule has 0 spiro atoms. The Hall–Kier alpha value is -2.99. The Morgan fingerprint density at radius 1 is 1.18 bits per heavy atom. The molecule has 1 aliphatic heterocycles. The van der Waals surface area contributed by atoms with Crippen molar-refractivity contribution in [3.8, 4) is 11.3 Å². The maximum absolute atomic E-state index is 12.6. The Balaban J connectivity index is 1.65. The summed E-state index contributed by atoms with van der Waals surface area (Å²) in [5.41, 5.74) is 2.79. The highest BCUT2D eigenvalue weighted by Gasteiger charge is 2.27. The number of anilines is 1. The molecule has 2 atom stereocenters. The molecule has 6 heteroatoms. The molecule has 0 fully saturated rings. The van der Waals surface area contributed by atoms with Gasteiger partial charge in [0, 0.05) is 57.2 Å². The van der Waals surface area contributed by atoms with Gasteiger partial charge in [0.2, 0.25) is 5.95 Å². The molecule has 28 heavy (non-hydrogen) atoms. The lowest BCUT2D eigenvalue weighted by Crippen LogP contribution is -2.38. The summed E-state index contributed by atoms with van der Waals surface area (Å²) in [7, 11) is 3.52. The molecule has 4 rings (SSSR count). The largest absolute Gasteiger partial charge is 0.376 e. The molecule has 0 saturated carbocycles. The molecule has 0 saturated heterocycles.